The molecule has 2 unspecified atom stereocenters. The summed E-state index contributed by atoms with van der Waals surface area (Å²) in [5.41, 5.74) is -0.833. The normalized spacial score (nSPS) is 35.0. The Labute approximate surface area is 81.5 Å². The maximum atomic E-state index is 11.6. The van der Waals surface area contributed by atoms with Crippen LogP contribution in [0, 0.1) is 0 Å². The predicted octanol–water partition coefficient (Wildman–Crippen LogP) is -0.0704. The number of imide groups is 1. The van der Waals surface area contributed by atoms with Crippen molar-refractivity contribution < 1.29 is 14.3 Å². The van der Waals surface area contributed by atoms with E-state index < -0.39 is 11.6 Å². The number of rotatable bonds is 4. The zero-order chi connectivity index (χ0) is 10.2. The molecule has 0 bridgehead atoms. The number of nitrogens with one attached hydrogen (secondary N) is 2. The van der Waals surface area contributed by atoms with Gasteiger partial charge in [0, 0.05) is 6.42 Å². The lowest BCUT2D eigenvalue weighted by Crippen LogP contribution is -2.47. The van der Waals surface area contributed by atoms with Crippen LogP contribution in [0.15, 0.2) is 12.7 Å². The fourth-order valence-corrected chi connectivity index (χ4v) is 1.72. The van der Waals surface area contributed by atoms with Crippen LogP contribution < -0.4 is 10.6 Å². The fourth-order valence-electron chi connectivity index (χ4n) is 1.72. The van der Waals surface area contributed by atoms with Crippen molar-refractivity contribution in [2.45, 2.75) is 24.5 Å². The van der Waals surface area contributed by atoms with Crippen molar-refractivity contribution in [2.24, 2.45) is 0 Å². The molecule has 2 rings (SSSR count). The monoisotopic (exact) mass is 196 g/mol. The molecule has 3 amide bonds. The van der Waals surface area contributed by atoms with Crippen LogP contribution in [0.5, 0.6) is 0 Å². The molecule has 2 atom stereocenters. The molecule has 0 aliphatic carbocycles. The first-order chi connectivity index (χ1) is 6.66. The number of hydrogen-bond acceptors (Lipinski definition) is 3. The average molecular weight is 196 g/mol. The minimum Gasteiger partial charge on any atom is -0.373 e. The standard InChI is InChI=1S/C9H12N2O3/c1-2-3-9(4-6-5-14-6)7(12)10-8(13)11-9/h2,6H,1,3-5H2,(H2,10,11,12,13). The van der Waals surface area contributed by atoms with E-state index >= 15 is 0 Å². The minimum atomic E-state index is -0.833. The van der Waals surface area contributed by atoms with Crippen LogP contribution in [-0.2, 0) is 9.53 Å². The molecule has 0 aromatic carbocycles. The third kappa shape index (κ3) is 1.50. The van der Waals surface area contributed by atoms with Crippen LogP contribution in [0.4, 0.5) is 4.79 Å². The Morgan fingerprint density at radius 1 is 1.64 bits per heavy atom. The van der Waals surface area contributed by atoms with Gasteiger partial charge in [0.1, 0.15) is 5.54 Å². The summed E-state index contributed by atoms with van der Waals surface area (Å²) in [6.07, 6.45) is 2.69. The third-order valence-electron chi connectivity index (χ3n) is 2.49. The predicted molar refractivity (Wildman–Crippen MR) is 48.6 cm³/mol. The zero-order valence-electron chi connectivity index (χ0n) is 7.71. The van der Waals surface area contributed by atoms with Crippen molar-refractivity contribution in [1.82, 2.24) is 10.6 Å². The molecule has 0 saturated carbocycles. The summed E-state index contributed by atoms with van der Waals surface area (Å²) in [6.45, 7) is 4.25. The second kappa shape index (κ2) is 3.09. The maximum absolute atomic E-state index is 11.6. The van der Waals surface area contributed by atoms with Gasteiger partial charge < -0.3 is 10.1 Å². The van der Waals surface area contributed by atoms with Gasteiger partial charge in [0.15, 0.2) is 0 Å². The van der Waals surface area contributed by atoms with Crippen LogP contribution in [-0.4, -0.2) is 30.2 Å². The lowest BCUT2D eigenvalue weighted by atomic mass is 9.90. The highest BCUT2D eigenvalue weighted by molar-refractivity contribution is 6.07. The summed E-state index contributed by atoms with van der Waals surface area (Å²) in [7, 11) is 0. The van der Waals surface area contributed by atoms with Crippen molar-refractivity contribution in [3.63, 3.8) is 0 Å². The number of hydrogen-bond donors (Lipinski definition) is 2. The summed E-state index contributed by atoms with van der Waals surface area (Å²) in [5.74, 6) is -0.280. The lowest BCUT2D eigenvalue weighted by molar-refractivity contribution is -0.124. The fraction of sp³-hybridized carbons (Fsp3) is 0.556. The van der Waals surface area contributed by atoms with E-state index in [9.17, 15) is 9.59 Å². The first kappa shape index (κ1) is 9.21. The lowest BCUT2D eigenvalue weighted by Gasteiger charge is -2.23. The molecule has 0 aromatic rings. The Kier molecular flexibility index (Phi) is 2.03. The van der Waals surface area contributed by atoms with E-state index in [-0.39, 0.29) is 12.0 Å². The Morgan fingerprint density at radius 2 is 2.36 bits per heavy atom. The molecule has 5 nitrogen and oxygen atoms in total. The minimum absolute atomic E-state index is 0.0964. The van der Waals surface area contributed by atoms with Crippen molar-refractivity contribution in [1.29, 1.82) is 0 Å². The van der Waals surface area contributed by atoms with Crippen LogP contribution in [0.3, 0.4) is 0 Å². The molecule has 0 aromatic heterocycles. The molecule has 2 fully saturated rings. The van der Waals surface area contributed by atoms with E-state index in [2.05, 4.69) is 17.2 Å². The molecule has 0 spiro atoms. The number of epoxide rings is 1. The van der Waals surface area contributed by atoms with Gasteiger partial charge in [-0.05, 0) is 6.42 Å². The molecule has 76 valence electrons. The highest BCUT2D eigenvalue weighted by Gasteiger charge is 2.48. The summed E-state index contributed by atoms with van der Waals surface area (Å²) < 4.78 is 5.06. The molecule has 2 aliphatic rings. The Morgan fingerprint density at radius 3 is 2.79 bits per heavy atom. The molecule has 2 heterocycles. The third-order valence-corrected chi connectivity index (χ3v) is 2.49. The second-order valence-electron chi connectivity index (χ2n) is 3.64. The average Bonchev–Trinajstić information content (AvgIpc) is 2.83. The number of urea groups is 1. The van der Waals surface area contributed by atoms with Crippen molar-refractivity contribution in [2.75, 3.05) is 6.61 Å². The number of ether oxygens (including phenoxy) is 1. The van der Waals surface area contributed by atoms with Crippen LogP contribution in [0.2, 0.25) is 0 Å². The molecule has 14 heavy (non-hydrogen) atoms. The molecule has 2 N–H and O–H groups in total. The molecular weight excluding hydrogens is 184 g/mol. The van der Waals surface area contributed by atoms with Crippen LogP contribution in [0.25, 0.3) is 0 Å². The molecule has 0 radical (unpaired) electrons. The van der Waals surface area contributed by atoms with Crippen LogP contribution >= 0.6 is 0 Å². The number of amides is 3. The van der Waals surface area contributed by atoms with E-state index in [1.807, 2.05) is 0 Å². The SMILES string of the molecule is C=CCC1(CC2CO2)NC(=O)NC1=O. The number of carbonyl (C=O) groups excluding carboxylic acids is 2. The highest BCUT2D eigenvalue weighted by Crippen LogP contribution is 2.28. The smallest absolute Gasteiger partial charge is 0.322 e. The summed E-state index contributed by atoms with van der Waals surface area (Å²) in [6, 6.07) is -0.433. The van der Waals surface area contributed by atoms with E-state index in [1.165, 1.54) is 0 Å². The molecular formula is C9H12N2O3. The highest BCUT2D eigenvalue weighted by atomic mass is 16.6. The molecule has 5 heteroatoms. The Balaban J connectivity index is 2.14. The van der Waals surface area contributed by atoms with Gasteiger partial charge in [-0.25, -0.2) is 4.79 Å². The van der Waals surface area contributed by atoms with Gasteiger partial charge in [0.05, 0.1) is 12.7 Å². The van der Waals surface area contributed by atoms with Gasteiger partial charge in [0.2, 0.25) is 0 Å². The van der Waals surface area contributed by atoms with Gasteiger partial charge in [-0.2, -0.15) is 0 Å². The molecule has 2 aliphatic heterocycles. The zero-order valence-corrected chi connectivity index (χ0v) is 7.71. The van der Waals surface area contributed by atoms with Gasteiger partial charge in [-0.1, -0.05) is 6.08 Å². The van der Waals surface area contributed by atoms with Crippen molar-refractivity contribution >= 4 is 11.9 Å². The van der Waals surface area contributed by atoms with E-state index in [0.717, 1.165) is 0 Å². The number of carbonyl (C=O) groups is 2. The van der Waals surface area contributed by atoms with Gasteiger partial charge in [-0.3, -0.25) is 10.1 Å². The van der Waals surface area contributed by atoms with Gasteiger partial charge in [-0.15, -0.1) is 6.58 Å². The maximum Gasteiger partial charge on any atom is 0.322 e. The Bertz CT molecular complexity index is 298. The van der Waals surface area contributed by atoms with E-state index in [0.29, 0.717) is 19.4 Å². The van der Waals surface area contributed by atoms with Crippen molar-refractivity contribution in [3.8, 4) is 0 Å². The largest absolute Gasteiger partial charge is 0.373 e. The topological polar surface area (TPSA) is 70.7 Å². The second-order valence-corrected chi connectivity index (χ2v) is 3.64. The Hall–Kier alpha value is -1.36. The van der Waals surface area contributed by atoms with Gasteiger partial charge >= 0.3 is 6.03 Å². The summed E-state index contributed by atoms with van der Waals surface area (Å²) in [4.78, 5) is 22.6. The van der Waals surface area contributed by atoms with E-state index in [1.54, 1.807) is 6.08 Å². The molecule has 2 saturated heterocycles. The van der Waals surface area contributed by atoms with E-state index in [4.69, 9.17) is 4.74 Å². The summed E-state index contributed by atoms with van der Waals surface area (Å²) in [5, 5.41) is 4.87. The van der Waals surface area contributed by atoms with Crippen molar-refractivity contribution in [3.05, 3.63) is 12.7 Å². The quantitative estimate of drug-likeness (QED) is 0.375. The van der Waals surface area contributed by atoms with Crippen LogP contribution in [0.1, 0.15) is 12.8 Å². The first-order valence-corrected chi connectivity index (χ1v) is 4.52. The summed E-state index contributed by atoms with van der Waals surface area (Å²) >= 11 is 0. The first-order valence-electron chi connectivity index (χ1n) is 4.52. The van der Waals surface area contributed by atoms with Gasteiger partial charge in [0.25, 0.3) is 5.91 Å².